The fourth-order valence-corrected chi connectivity index (χ4v) is 5.24. The van der Waals surface area contributed by atoms with Crippen LogP contribution in [0.15, 0.2) is 59.1 Å². The normalized spacial score (nSPS) is 21.1. The Kier molecular flexibility index (Phi) is 5.98. The Labute approximate surface area is 180 Å². The van der Waals surface area contributed by atoms with Gasteiger partial charge in [0.1, 0.15) is 28.9 Å². The standard InChI is InChI=1S/C23H23N3O3S/c1-28-17-8-9-18(21(10-17)29-2)19-11-22(27)26-14-25(13-16-6-4-3-5-7-16)15-30-23(26)20(19)12-24/h3-10,19H,11,13-15H2,1-2H3/p+1/t19-/m1/s1. The number of thioether (sulfide) groups is 1. The second-order valence-corrected chi connectivity index (χ2v) is 8.34. The van der Waals surface area contributed by atoms with Crippen molar-refractivity contribution in [1.82, 2.24) is 4.90 Å². The fourth-order valence-electron chi connectivity index (χ4n) is 4.04. The van der Waals surface area contributed by atoms with Gasteiger partial charge >= 0.3 is 0 Å². The van der Waals surface area contributed by atoms with Gasteiger partial charge in [0.15, 0.2) is 6.67 Å². The van der Waals surface area contributed by atoms with Crippen molar-refractivity contribution in [2.75, 3.05) is 26.8 Å². The van der Waals surface area contributed by atoms with Crippen molar-refractivity contribution in [3.63, 3.8) is 0 Å². The van der Waals surface area contributed by atoms with Gasteiger partial charge in [-0.05, 0) is 17.8 Å². The van der Waals surface area contributed by atoms with E-state index in [0.29, 0.717) is 23.7 Å². The highest BCUT2D eigenvalue weighted by Gasteiger charge is 2.40. The van der Waals surface area contributed by atoms with E-state index in [0.717, 1.165) is 23.0 Å². The molecule has 2 atom stereocenters. The summed E-state index contributed by atoms with van der Waals surface area (Å²) in [5.74, 6) is 1.86. The molecule has 1 saturated heterocycles. The van der Waals surface area contributed by atoms with Crippen molar-refractivity contribution < 1.29 is 19.2 Å². The number of carbonyl (C=O) groups is 1. The number of rotatable bonds is 5. The minimum Gasteiger partial charge on any atom is -0.497 e. The number of hydrogen-bond acceptors (Lipinski definition) is 5. The molecule has 4 rings (SSSR count). The molecule has 0 radical (unpaired) electrons. The van der Waals surface area contributed by atoms with Gasteiger partial charge in [0.2, 0.25) is 5.91 Å². The largest absolute Gasteiger partial charge is 0.497 e. The average Bonchev–Trinajstić information content (AvgIpc) is 2.79. The van der Waals surface area contributed by atoms with Crippen LogP contribution in [0.5, 0.6) is 11.5 Å². The lowest BCUT2D eigenvalue weighted by molar-refractivity contribution is -0.910. The van der Waals surface area contributed by atoms with E-state index in [1.54, 1.807) is 36.9 Å². The zero-order chi connectivity index (χ0) is 21.1. The average molecular weight is 423 g/mol. The van der Waals surface area contributed by atoms with E-state index in [2.05, 4.69) is 18.2 Å². The highest BCUT2D eigenvalue weighted by Crippen LogP contribution is 2.43. The van der Waals surface area contributed by atoms with Gasteiger partial charge < -0.3 is 14.4 Å². The molecule has 1 amide bonds. The first kappa shape index (κ1) is 20.3. The molecule has 1 fully saturated rings. The third-order valence-electron chi connectivity index (χ3n) is 5.53. The van der Waals surface area contributed by atoms with Crippen molar-refractivity contribution in [3.8, 4) is 17.6 Å². The van der Waals surface area contributed by atoms with E-state index in [-0.39, 0.29) is 18.2 Å². The van der Waals surface area contributed by atoms with Crippen LogP contribution in [0, 0.1) is 11.3 Å². The number of methoxy groups -OCH3 is 2. The highest BCUT2D eigenvalue weighted by atomic mass is 32.2. The third kappa shape index (κ3) is 3.89. The maximum atomic E-state index is 13.1. The molecular formula is C23H24N3O3S+. The fraction of sp³-hybridized carbons (Fsp3) is 0.304. The number of quaternary nitrogens is 1. The number of nitrogens with one attached hydrogen (secondary N) is 1. The van der Waals surface area contributed by atoms with Gasteiger partial charge in [-0.1, -0.05) is 36.4 Å². The Morgan fingerprint density at radius 3 is 2.70 bits per heavy atom. The maximum absolute atomic E-state index is 13.1. The summed E-state index contributed by atoms with van der Waals surface area (Å²) < 4.78 is 10.8. The summed E-state index contributed by atoms with van der Waals surface area (Å²) in [5.41, 5.74) is 2.73. The molecule has 154 valence electrons. The quantitative estimate of drug-likeness (QED) is 0.802. The molecule has 6 nitrogen and oxygen atoms in total. The van der Waals surface area contributed by atoms with Gasteiger partial charge in [-0.15, -0.1) is 0 Å². The smallest absolute Gasteiger partial charge is 0.232 e. The first-order valence-electron chi connectivity index (χ1n) is 9.81. The number of allylic oxidation sites excluding steroid dienone is 1. The van der Waals surface area contributed by atoms with E-state index in [4.69, 9.17) is 9.47 Å². The van der Waals surface area contributed by atoms with Crippen LogP contribution in [0.2, 0.25) is 0 Å². The Bertz CT molecular complexity index is 1020. The molecule has 2 aromatic carbocycles. The van der Waals surface area contributed by atoms with E-state index in [1.807, 2.05) is 30.3 Å². The number of nitriles is 1. The summed E-state index contributed by atoms with van der Waals surface area (Å²) in [6.07, 6.45) is 0.258. The predicted octanol–water partition coefficient (Wildman–Crippen LogP) is 2.50. The molecular weight excluding hydrogens is 398 g/mol. The van der Waals surface area contributed by atoms with Crippen molar-refractivity contribution in [1.29, 1.82) is 5.26 Å². The molecule has 0 aliphatic carbocycles. The van der Waals surface area contributed by atoms with Crippen molar-refractivity contribution >= 4 is 17.7 Å². The Morgan fingerprint density at radius 2 is 2.00 bits per heavy atom. The number of amides is 1. The predicted molar refractivity (Wildman–Crippen MR) is 115 cm³/mol. The summed E-state index contributed by atoms with van der Waals surface area (Å²) in [4.78, 5) is 16.2. The molecule has 2 aromatic rings. The number of nitrogens with zero attached hydrogens (tertiary/aromatic N) is 2. The summed E-state index contributed by atoms with van der Waals surface area (Å²) in [6.45, 7) is 1.43. The number of ether oxygens (including phenoxy) is 2. The molecule has 0 aromatic heterocycles. The molecule has 2 aliphatic heterocycles. The summed E-state index contributed by atoms with van der Waals surface area (Å²) in [7, 11) is 3.19. The van der Waals surface area contributed by atoms with Crippen LogP contribution < -0.4 is 14.4 Å². The minimum atomic E-state index is -0.308. The van der Waals surface area contributed by atoms with Crippen molar-refractivity contribution in [2.45, 2.75) is 18.9 Å². The van der Waals surface area contributed by atoms with Gasteiger partial charge in [-0.3, -0.25) is 9.69 Å². The minimum absolute atomic E-state index is 0.0460. The third-order valence-corrected chi connectivity index (χ3v) is 6.80. The van der Waals surface area contributed by atoms with E-state index in [1.165, 1.54) is 10.5 Å². The molecule has 1 N–H and O–H groups in total. The molecule has 30 heavy (non-hydrogen) atoms. The molecule has 2 aliphatic rings. The van der Waals surface area contributed by atoms with Crippen LogP contribution in [0.25, 0.3) is 0 Å². The Morgan fingerprint density at radius 1 is 1.20 bits per heavy atom. The van der Waals surface area contributed by atoms with Crippen LogP contribution in [0.4, 0.5) is 0 Å². The van der Waals surface area contributed by atoms with Crippen LogP contribution in [0.1, 0.15) is 23.5 Å². The van der Waals surface area contributed by atoms with Gasteiger partial charge in [-0.2, -0.15) is 5.26 Å². The lowest BCUT2D eigenvalue weighted by atomic mass is 9.86. The first-order valence-corrected chi connectivity index (χ1v) is 10.8. The molecule has 1 unspecified atom stereocenters. The van der Waals surface area contributed by atoms with E-state index >= 15 is 0 Å². The first-order chi connectivity index (χ1) is 14.6. The second kappa shape index (κ2) is 8.82. The maximum Gasteiger partial charge on any atom is 0.232 e. The lowest BCUT2D eigenvalue weighted by Gasteiger charge is -2.39. The van der Waals surface area contributed by atoms with Gasteiger partial charge in [0, 0.05) is 29.5 Å². The second-order valence-electron chi connectivity index (χ2n) is 7.38. The van der Waals surface area contributed by atoms with Crippen molar-refractivity contribution in [2.24, 2.45) is 0 Å². The summed E-state index contributed by atoms with van der Waals surface area (Å²) in [5, 5.41) is 10.8. The van der Waals surface area contributed by atoms with Crippen LogP contribution in [-0.4, -0.2) is 37.6 Å². The summed E-state index contributed by atoms with van der Waals surface area (Å²) >= 11 is 1.59. The molecule has 0 bridgehead atoms. The molecule has 2 heterocycles. The van der Waals surface area contributed by atoms with Crippen molar-refractivity contribution in [3.05, 3.63) is 70.3 Å². The number of carbonyl (C=O) groups excluding carboxylic acids is 1. The Balaban J connectivity index is 1.63. The number of benzene rings is 2. The van der Waals surface area contributed by atoms with Crippen LogP contribution in [0.3, 0.4) is 0 Å². The topological polar surface area (TPSA) is 67.0 Å². The van der Waals surface area contributed by atoms with Crippen LogP contribution >= 0.6 is 11.8 Å². The molecule has 0 spiro atoms. The van der Waals surface area contributed by atoms with E-state index in [9.17, 15) is 10.1 Å². The zero-order valence-corrected chi connectivity index (χ0v) is 17.9. The lowest BCUT2D eigenvalue weighted by Crippen LogP contribution is -3.12. The summed E-state index contributed by atoms with van der Waals surface area (Å²) in [6, 6.07) is 18.2. The van der Waals surface area contributed by atoms with Crippen LogP contribution in [-0.2, 0) is 11.3 Å². The highest BCUT2D eigenvalue weighted by molar-refractivity contribution is 8.02. The Hall–Kier alpha value is -2.95. The monoisotopic (exact) mass is 422 g/mol. The molecule has 0 saturated carbocycles. The number of fused-ring (bicyclic) bond motifs is 1. The van der Waals surface area contributed by atoms with Gasteiger partial charge in [-0.25, -0.2) is 0 Å². The number of hydrogen-bond donors (Lipinski definition) is 1. The van der Waals surface area contributed by atoms with Gasteiger partial charge in [0.05, 0.1) is 25.9 Å². The zero-order valence-electron chi connectivity index (χ0n) is 17.1. The SMILES string of the molecule is COc1ccc([C@H]2CC(=O)N3C[NH+](Cc4ccccc4)CSC3=C2C#N)c(OC)c1. The molecule has 7 heteroatoms. The van der Waals surface area contributed by atoms with Gasteiger partial charge in [0.25, 0.3) is 0 Å². The van der Waals surface area contributed by atoms with E-state index < -0.39 is 0 Å².